The van der Waals surface area contributed by atoms with E-state index in [9.17, 15) is 17.6 Å². The Bertz CT molecular complexity index is 785. The summed E-state index contributed by atoms with van der Waals surface area (Å²) in [6.45, 7) is 0. The van der Waals surface area contributed by atoms with Crippen molar-refractivity contribution >= 4 is 16.0 Å². The minimum atomic E-state index is -3.45. The number of benzene rings is 1. The van der Waals surface area contributed by atoms with E-state index < -0.39 is 16.0 Å². The number of hydrogen-bond donors (Lipinski definition) is 2. The van der Waals surface area contributed by atoms with Crippen LogP contribution in [0.3, 0.4) is 0 Å². The summed E-state index contributed by atoms with van der Waals surface area (Å²) < 4.78 is 40.2. The van der Waals surface area contributed by atoms with Crippen LogP contribution in [-0.2, 0) is 21.2 Å². The maximum absolute atomic E-state index is 12.9. The number of aliphatic carboxylic acids is 1. The van der Waals surface area contributed by atoms with Gasteiger partial charge in [0.05, 0.1) is 5.75 Å². The zero-order chi connectivity index (χ0) is 19.7. The second-order valence-electron chi connectivity index (χ2n) is 6.76. The van der Waals surface area contributed by atoms with Crippen LogP contribution in [0.15, 0.2) is 48.2 Å². The second-order valence-corrected chi connectivity index (χ2v) is 8.60. The highest BCUT2D eigenvalue weighted by molar-refractivity contribution is 7.89. The molecule has 1 atom stereocenters. The van der Waals surface area contributed by atoms with Gasteiger partial charge >= 0.3 is 5.97 Å². The molecule has 0 saturated heterocycles. The molecule has 1 aliphatic rings. The van der Waals surface area contributed by atoms with Crippen LogP contribution >= 0.6 is 0 Å². The van der Waals surface area contributed by atoms with Gasteiger partial charge in [-0.2, -0.15) is 0 Å². The van der Waals surface area contributed by atoms with Crippen LogP contribution in [0.4, 0.5) is 4.39 Å². The summed E-state index contributed by atoms with van der Waals surface area (Å²) in [4.78, 5) is 10.5. The topological polar surface area (TPSA) is 83.5 Å². The second kappa shape index (κ2) is 10.3. The van der Waals surface area contributed by atoms with Crippen molar-refractivity contribution < 1.29 is 22.7 Å². The molecular formula is C20H26FNO4S. The third kappa shape index (κ3) is 8.39. The lowest BCUT2D eigenvalue weighted by molar-refractivity contribution is -0.137. The molecule has 0 amide bonds. The van der Waals surface area contributed by atoms with E-state index in [0.29, 0.717) is 31.4 Å². The molecule has 27 heavy (non-hydrogen) atoms. The molecule has 1 aromatic carbocycles. The third-order valence-corrected chi connectivity index (χ3v) is 5.72. The zero-order valence-electron chi connectivity index (χ0n) is 15.2. The summed E-state index contributed by atoms with van der Waals surface area (Å²) in [5, 5.41) is 8.62. The van der Waals surface area contributed by atoms with E-state index in [2.05, 4.69) is 4.72 Å². The number of halogens is 1. The Morgan fingerprint density at radius 2 is 2.04 bits per heavy atom. The number of rotatable bonds is 10. The lowest BCUT2D eigenvalue weighted by Crippen LogP contribution is -2.28. The SMILES string of the molecule is O=C(O)CCCC=CC1C=C(NS(=O)(=O)CCc2ccc(F)cc2)CCC1. The van der Waals surface area contributed by atoms with Gasteiger partial charge in [0.1, 0.15) is 5.82 Å². The van der Waals surface area contributed by atoms with Crippen LogP contribution in [-0.4, -0.2) is 25.2 Å². The Balaban J connectivity index is 1.84. The van der Waals surface area contributed by atoms with E-state index in [4.69, 9.17) is 5.11 Å². The fraction of sp³-hybridized carbons (Fsp3) is 0.450. The first-order chi connectivity index (χ1) is 12.8. The molecule has 2 N–H and O–H groups in total. The smallest absolute Gasteiger partial charge is 0.303 e. The van der Waals surface area contributed by atoms with Crippen LogP contribution in [0, 0.1) is 11.7 Å². The average molecular weight is 395 g/mol. The maximum Gasteiger partial charge on any atom is 0.303 e. The quantitative estimate of drug-likeness (QED) is 0.466. The van der Waals surface area contributed by atoms with E-state index >= 15 is 0 Å². The molecule has 0 saturated carbocycles. The Morgan fingerprint density at radius 1 is 1.30 bits per heavy atom. The largest absolute Gasteiger partial charge is 0.481 e. The lowest BCUT2D eigenvalue weighted by atomic mass is 9.93. The number of sulfonamides is 1. The van der Waals surface area contributed by atoms with Crippen molar-refractivity contribution in [3.8, 4) is 0 Å². The van der Waals surface area contributed by atoms with Crippen LogP contribution in [0.5, 0.6) is 0 Å². The highest BCUT2D eigenvalue weighted by Crippen LogP contribution is 2.23. The van der Waals surface area contributed by atoms with Gasteiger partial charge in [-0.1, -0.05) is 30.4 Å². The van der Waals surface area contributed by atoms with Gasteiger partial charge < -0.3 is 5.11 Å². The third-order valence-electron chi connectivity index (χ3n) is 4.40. The number of nitrogens with one attached hydrogen (secondary N) is 1. The van der Waals surface area contributed by atoms with Gasteiger partial charge in [-0.15, -0.1) is 0 Å². The highest BCUT2D eigenvalue weighted by atomic mass is 32.2. The van der Waals surface area contributed by atoms with Crippen molar-refractivity contribution in [1.82, 2.24) is 4.72 Å². The summed E-state index contributed by atoms with van der Waals surface area (Å²) in [6.07, 6.45) is 10.3. The fourth-order valence-electron chi connectivity index (χ4n) is 2.99. The monoisotopic (exact) mass is 395 g/mol. The van der Waals surface area contributed by atoms with Crippen LogP contribution in [0.25, 0.3) is 0 Å². The van der Waals surface area contributed by atoms with Crippen LogP contribution < -0.4 is 4.72 Å². The molecule has 0 radical (unpaired) electrons. The minimum absolute atomic E-state index is 0.0499. The number of aryl methyl sites for hydroxylation is 1. The number of unbranched alkanes of at least 4 members (excludes halogenated alkanes) is 1. The summed E-state index contributed by atoms with van der Waals surface area (Å²) in [5.74, 6) is -1.02. The van der Waals surface area contributed by atoms with E-state index in [1.165, 1.54) is 12.1 Å². The van der Waals surface area contributed by atoms with Gasteiger partial charge in [0, 0.05) is 12.1 Å². The van der Waals surface area contributed by atoms with Gasteiger partial charge in [0.15, 0.2) is 0 Å². The van der Waals surface area contributed by atoms with E-state index in [-0.39, 0.29) is 23.9 Å². The van der Waals surface area contributed by atoms with Crippen molar-refractivity contribution in [3.05, 3.63) is 59.6 Å². The summed E-state index contributed by atoms with van der Waals surface area (Å²) in [6, 6.07) is 5.84. The zero-order valence-corrected chi connectivity index (χ0v) is 16.1. The maximum atomic E-state index is 12.9. The molecule has 148 valence electrons. The standard InChI is InChI=1S/C20H26FNO4S/c21-18-11-9-16(10-12-18)13-14-27(25,26)22-19-7-4-6-17(15-19)5-2-1-3-8-20(23)24/h2,5,9-12,15,17,22H,1,3-4,6-8,13-14H2,(H,23,24). The Labute approximate surface area is 160 Å². The summed E-state index contributed by atoms with van der Waals surface area (Å²) >= 11 is 0. The predicted octanol–water partition coefficient (Wildman–Crippen LogP) is 3.78. The van der Waals surface area contributed by atoms with Gasteiger partial charge in [0.2, 0.25) is 10.0 Å². The lowest BCUT2D eigenvalue weighted by Gasteiger charge is -2.20. The molecule has 0 fully saturated rings. The van der Waals surface area contributed by atoms with Crippen molar-refractivity contribution in [2.45, 2.75) is 44.9 Å². The first-order valence-corrected chi connectivity index (χ1v) is 10.8. The Morgan fingerprint density at radius 3 is 2.74 bits per heavy atom. The van der Waals surface area contributed by atoms with Crippen molar-refractivity contribution in [2.24, 2.45) is 5.92 Å². The van der Waals surface area contributed by atoms with Crippen molar-refractivity contribution in [2.75, 3.05) is 5.75 Å². The van der Waals surface area contributed by atoms with E-state index in [1.54, 1.807) is 12.1 Å². The average Bonchev–Trinajstić information content (AvgIpc) is 2.61. The van der Waals surface area contributed by atoms with Crippen molar-refractivity contribution in [3.63, 3.8) is 0 Å². The minimum Gasteiger partial charge on any atom is -0.481 e. The van der Waals surface area contributed by atoms with Crippen LogP contribution in [0.1, 0.15) is 44.1 Å². The van der Waals surface area contributed by atoms with Gasteiger partial charge in [-0.3, -0.25) is 9.52 Å². The summed E-state index contributed by atoms with van der Waals surface area (Å²) in [5.41, 5.74) is 1.49. The molecule has 0 heterocycles. The van der Waals surface area contributed by atoms with Crippen molar-refractivity contribution in [1.29, 1.82) is 0 Å². The molecule has 1 aliphatic carbocycles. The fourth-order valence-corrected chi connectivity index (χ4v) is 4.16. The molecular weight excluding hydrogens is 369 g/mol. The van der Waals surface area contributed by atoms with Crippen LogP contribution in [0.2, 0.25) is 0 Å². The molecule has 5 nitrogen and oxygen atoms in total. The predicted molar refractivity (Wildman–Crippen MR) is 103 cm³/mol. The normalized spacial score (nSPS) is 17.7. The number of carboxylic acids is 1. The highest BCUT2D eigenvalue weighted by Gasteiger charge is 2.17. The molecule has 0 aromatic heterocycles. The van der Waals surface area contributed by atoms with Gasteiger partial charge in [0.25, 0.3) is 0 Å². The summed E-state index contributed by atoms with van der Waals surface area (Å²) in [7, 11) is -3.45. The molecule has 0 bridgehead atoms. The Kier molecular flexibility index (Phi) is 8.03. The number of hydrogen-bond acceptors (Lipinski definition) is 3. The van der Waals surface area contributed by atoms with E-state index in [1.807, 2.05) is 18.2 Å². The number of carboxylic acid groups (broad SMARTS) is 1. The molecule has 2 rings (SSSR count). The first kappa shape index (κ1) is 21.2. The molecule has 0 spiro atoms. The number of allylic oxidation sites excluding steroid dienone is 4. The van der Waals surface area contributed by atoms with Gasteiger partial charge in [-0.25, -0.2) is 12.8 Å². The van der Waals surface area contributed by atoms with Gasteiger partial charge in [-0.05, 0) is 62.1 Å². The number of carbonyl (C=O) groups is 1. The van der Waals surface area contributed by atoms with E-state index in [0.717, 1.165) is 18.4 Å². The first-order valence-electron chi connectivity index (χ1n) is 9.18. The molecule has 1 aromatic rings. The molecule has 1 unspecified atom stereocenters. The molecule has 7 heteroatoms. The Hall–Kier alpha value is -2.15. The molecule has 0 aliphatic heterocycles.